The first-order valence-corrected chi connectivity index (χ1v) is 8.69. The molecule has 3 nitrogen and oxygen atoms in total. The van der Waals surface area contributed by atoms with Gasteiger partial charge in [0.2, 0.25) is 5.91 Å². The van der Waals surface area contributed by atoms with Crippen LogP contribution < -0.4 is 10.9 Å². The molecule has 0 unspecified atom stereocenters. The lowest BCUT2D eigenvalue weighted by Crippen LogP contribution is -2.35. The maximum Gasteiger partial charge on any atom is 0.238 e. The van der Waals surface area contributed by atoms with Crippen molar-refractivity contribution in [3.63, 3.8) is 0 Å². The summed E-state index contributed by atoms with van der Waals surface area (Å²) < 4.78 is 0. The Balaban J connectivity index is 2.34. The lowest BCUT2D eigenvalue weighted by atomic mass is 9.86. The molecule has 0 aromatic heterocycles. The highest BCUT2D eigenvalue weighted by Crippen LogP contribution is 2.23. The summed E-state index contributed by atoms with van der Waals surface area (Å²) in [5, 5.41) is 0. The zero-order valence-electron chi connectivity index (χ0n) is 15.2. The van der Waals surface area contributed by atoms with Gasteiger partial charge in [0.15, 0.2) is 0 Å². The summed E-state index contributed by atoms with van der Waals surface area (Å²) in [5.41, 5.74) is 8.76. The smallest absolute Gasteiger partial charge is 0.238 e. The molecule has 1 rings (SSSR count). The Morgan fingerprint density at radius 1 is 1.00 bits per heavy atom. The molecule has 0 atom stereocenters. The highest BCUT2D eigenvalue weighted by atomic mass is 16.2. The van der Waals surface area contributed by atoms with Crippen molar-refractivity contribution in [2.24, 2.45) is 0 Å². The quantitative estimate of drug-likeness (QED) is 0.500. The van der Waals surface area contributed by atoms with Gasteiger partial charge in [0.1, 0.15) is 0 Å². The molecule has 0 aliphatic rings. The molecule has 0 saturated heterocycles. The van der Waals surface area contributed by atoms with Gasteiger partial charge in [0.05, 0.1) is 5.70 Å². The zero-order valence-corrected chi connectivity index (χ0v) is 15.2. The molecule has 0 bridgehead atoms. The van der Waals surface area contributed by atoms with Gasteiger partial charge in [-0.15, -0.1) is 0 Å². The molecular weight excluding hydrogens is 284 g/mol. The minimum atomic E-state index is 0.0222. The molecule has 1 aromatic rings. The Labute approximate surface area is 141 Å². The summed E-state index contributed by atoms with van der Waals surface area (Å²) >= 11 is 0. The molecule has 3 heteroatoms. The maximum atomic E-state index is 11.8. The molecule has 0 fully saturated rings. The molecule has 0 aliphatic heterocycles. The molecule has 23 heavy (non-hydrogen) atoms. The van der Waals surface area contributed by atoms with Crippen molar-refractivity contribution < 1.29 is 4.79 Å². The van der Waals surface area contributed by atoms with Crippen molar-refractivity contribution in [1.29, 1.82) is 0 Å². The average Bonchev–Trinajstić information content (AvgIpc) is 2.51. The first-order valence-electron chi connectivity index (χ1n) is 8.69. The van der Waals surface area contributed by atoms with Gasteiger partial charge in [-0.25, -0.2) is 0 Å². The van der Waals surface area contributed by atoms with E-state index in [0.29, 0.717) is 12.1 Å². The minimum Gasteiger partial charge on any atom is -0.299 e. The molecule has 1 amide bonds. The SMILES string of the molecule is C=C(NNC(=O)CCCCCCC)c1ccc(C(C)(C)C)cc1. The number of carbonyl (C=O) groups excluding carboxylic acids is 1. The van der Waals surface area contributed by atoms with Crippen LogP contribution in [-0.4, -0.2) is 5.91 Å². The maximum absolute atomic E-state index is 11.8. The van der Waals surface area contributed by atoms with Gasteiger partial charge in [-0.2, -0.15) is 0 Å². The van der Waals surface area contributed by atoms with Crippen LogP contribution in [0.4, 0.5) is 0 Å². The van der Waals surface area contributed by atoms with Crippen LogP contribution >= 0.6 is 0 Å². The second-order valence-corrected chi connectivity index (χ2v) is 7.14. The van der Waals surface area contributed by atoms with E-state index in [0.717, 1.165) is 18.4 Å². The number of benzene rings is 1. The molecule has 128 valence electrons. The van der Waals surface area contributed by atoms with Crippen molar-refractivity contribution in [1.82, 2.24) is 10.9 Å². The summed E-state index contributed by atoms with van der Waals surface area (Å²) in [7, 11) is 0. The number of carbonyl (C=O) groups is 1. The summed E-state index contributed by atoms with van der Waals surface area (Å²) in [5.74, 6) is 0.0222. The fourth-order valence-electron chi connectivity index (χ4n) is 2.34. The van der Waals surface area contributed by atoms with Crippen LogP contribution in [0.2, 0.25) is 0 Å². The van der Waals surface area contributed by atoms with E-state index in [1.54, 1.807) is 0 Å². The Hall–Kier alpha value is -1.77. The van der Waals surface area contributed by atoms with Crippen LogP contribution in [0.3, 0.4) is 0 Å². The number of rotatable bonds is 9. The fourth-order valence-corrected chi connectivity index (χ4v) is 2.34. The number of unbranched alkanes of at least 4 members (excludes halogenated alkanes) is 4. The van der Waals surface area contributed by atoms with E-state index in [9.17, 15) is 4.79 Å². The Morgan fingerprint density at radius 2 is 1.61 bits per heavy atom. The molecule has 0 saturated carbocycles. The minimum absolute atomic E-state index is 0.0222. The van der Waals surface area contributed by atoms with Gasteiger partial charge >= 0.3 is 0 Å². The van der Waals surface area contributed by atoms with Crippen LogP contribution in [0.25, 0.3) is 5.70 Å². The predicted octanol–water partition coefficient (Wildman–Crippen LogP) is 4.94. The lowest BCUT2D eigenvalue weighted by molar-refractivity contribution is -0.121. The number of hydrogen-bond acceptors (Lipinski definition) is 2. The van der Waals surface area contributed by atoms with E-state index >= 15 is 0 Å². The topological polar surface area (TPSA) is 41.1 Å². The summed E-state index contributed by atoms with van der Waals surface area (Å²) in [6.07, 6.45) is 6.32. The Morgan fingerprint density at radius 3 is 2.17 bits per heavy atom. The van der Waals surface area contributed by atoms with Crippen molar-refractivity contribution in [3.8, 4) is 0 Å². The van der Waals surface area contributed by atoms with Crippen molar-refractivity contribution >= 4 is 11.6 Å². The standard InChI is InChI=1S/C20H32N2O/c1-6-7-8-9-10-11-19(23)22-21-16(2)17-12-14-18(15-13-17)20(3,4)5/h12-15,21H,2,6-11H2,1,3-5H3,(H,22,23). The Bertz CT molecular complexity index is 497. The van der Waals surface area contributed by atoms with Gasteiger partial charge in [0.25, 0.3) is 0 Å². The van der Waals surface area contributed by atoms with E-state index in [1.165, 1.54) is 24.8 Å². The van der Waals surface area contributed by atoms with E-state index < -0.39 is 0 Å². The van der Waals surface area contributed by atoms with Crippen LogP contribution in [-0.2, 0) is 10.2 Å². The van der Waals surface area contributed by atoms with Gasteiger partial charge < -0.3 is 0 Å². The Kier molecular flexibility index (Phi) is 7.87. The molecule has 2 N–H and O–H groups in total. The summed E-state index contributed by atoms with van der Waals surface area (Å²) in [6, 6.07) is 8.29. The zero-order chi connectivity index (χ0) is 17.3. The number of nitrogens with one attached hydrogen (secondary N) is 2. The van der Waals surface area contributed by atoms with Crippen LogP contribution in [0, 0.1) is 0 Å². The number of amides is 1. The van der Waals surface area contributed by atoms with Gasteiger partial charge in [-0.05, 0) is 23.0 Å². The van der Waals surface area contributed by atoms with Crippen LogP contribution in [0.1, 0.15) is 77.3 Å². The van der Waals surface area contributed by atoms with Crippen molar-refractivity contribution in [2.75, 3.05) is 0 Å². The van der Waals surface area contributed by atoms with E-state index in [1.807, 2.05) is 12.1 Å². The highest BCUT2D eigenvalue weighted by molar-refractivity contribution is 5.77. The molecule has 0 heterocycles. The highest BCUT2D eigenvalue weighted by Gasteiger charge is 2.13. The van der Waals surface area contributed by atoms with Crippen LogP contribution in [0.15, 0.2) is 30.8 Å². The third kappa shape index (κ3) is 7.36. The van der Waals surface area contributed by atoms with Gasteiger partial charge in [-0.1, -0.05) is 84.2 Å². The van der Waals surface area contributed by atoms with Gasteiger partial charge in [-0.3, -0.25) is 15.6 Å². The van der Waals surface area contributed by atoms with E-state index in [-0.39, 0.29) is 11.3 Å². The largest absolute Gasteiger partial charge is 0.299 e. The molecule has 0 spiro atoms. The first kappa shape index (κ1) is 19.3. The summed E-state index contributed by atoms with van der Waals surface area (Å²) in [4.78, 5) is 11.8. The molecule has 0 radical (unpaired) electrons. The monoisotopic (exact) mass is 316 g/mol. The summed E-state index contributed by atoms with van der Waals surface area (Å²) in [6.45, 7) is 12.7. The fraction of sp³-hybridized carbons (Fsp3) is 0.550. The normalized spacial score (nSPS) is 11.1. The van der Waals surface area contributed by atoms with E-state index in [2.05, 4.69) is 57.3 Å². The number of hydrogen-bond donors (Lipinski definition) is 2. The van der Waals surface area contributed by atoms with Crippen molar-refractivity contribution in [3.05, 3.63) is 42.0 Å². The van der Waals surface area contributed by atoms with Gasteiger partial charge in [0, 0.05) is 6.42 Å². The van der Waals surface area contributed by atoms with E-state index in [4.69, 9.17) is 0 Å². The average molecular weight is 316 g/mol. The second-order valence-electron chi connectivity index (χ2n) is 7.14. The molecule has 0 aliphatic carbocycles. The lowest BCUT2D eigenvalue weighted by Gasteiger charge is -2.19. The van der Waals surface area contributed by atoms with Crippen molar-refractivity contribution in [2.45, 2.75) is 71.6 Å². The predicted molar refractivity (Wildman–Crippen MR) is 98.8 cm³/mol. The first-order chi connectivity index (χ1) is 10.8. The molecule has 1 aromatic carbocycles. The van der Waals surface area contributed by atoms with Crippen LogP contribution in [0.5, 0.6) is 0 Å². The second kappa shape index (κ2) is 9.39. The third-order valence-corrected chi connectivity index (χ3v) is 3.96. The molecular formula is C20H32N2O. The number of hydrazine groups is 1. The third-order valence-electron chi connectivity index (χ3n) is 3.96.